The lowest BCUT2D eigenvalue weighted by molar-refractivity contribution is -0.140. The molecule has 0 bridgehead atoms. The third-order valence-corrected chi connectivity index (χ3v) is 6.10. The van der Waals surface area contributed by atoms with Crippen LogP contribution in [0.1, 0.15) is 11.1 Å². The number of aromatic nitrogens is 4. The second-order valence-corrected chi connectivity index (χ2v) is 8.44. The lowest BCUT2D eigenvalue weighted by atomic mass is 10.0. The van der Waals surface area contributed by atoms with Gasteiger partial charge in [-0.3, -0.25) is 0 Å². The van der Waals surface area contributed by atoms with E-state index in [0.29, 0.717) is 32.1 Å². The number of hydrogen-bond donors (Lipinski definition) is 1. The number of halogens is 5. The molecule has 0 spiro atoms. The topological polar surface area (TPSA) is 76.3 Å². The van der Waals surface area contributed by atoms with Crippen molar-refractivity contribution in [3.8, 4) is 17.0 Å². The van der Waals surface area contributed by atoms with Gasteiger partial charge in [0.05, 0.1) is 30.2 Å². The summed E-state index contributed by atoms with van der Waals surface area (Å²) in [4.78, 5) is 10.9. The number of alkyl halides is 3. The van der Waals surface area contributed by atoms with Crippen LogP contribution in [0.4, 0.5) is 27.9 Å². The maximum atomic E-state index is 14.7. The molecule has 188 valence electrons. The molecule has 1 atom stereocenters. The third kappa shape index (κ3) is 4.21. The molecule has 36 heavy (non-hydrogen) atoms. The van der Waals surface area contributed by atoms with Gasteiger partial charge in [0.15, 0.2) is 23.0 Å². The molecule has 7 nitrogen and oxygen atoms in total. The van der Waals surface area contributed by atoms with Crippen molar-refractivity contribution in [2.45, 2.75) is 18.6 Å². The quantitative estimate of drug-likeness (QED) is 0.413. The van der Waals surface area contributed by atoms with Gasteiger partial charge in [-0.25, -0.2) is 18.4 Å². The monoisotopic (exact) mass is 505 g/mol. The summed E-state index contributed by atoms with van der Waals surface area (Å²) < 4.78 is 75.4. The van der Waals surface area contributed by atoms with Crippen LogP contribution in [0.2, 0.25) is 0 Å². The van der Waals surface area contributed by atoms with E-state index >= 15 is 0 Å². The van der Waals surface area contributed by atoms with E-state index in [-0.39, 0.29) is 28.8 Å². The van der Waals surface area contributed by atoms with Crippen molar-refractivity contribution in [3.63, 3.8) is 0 Å². The zero-order chi connectivity index (χ0) is 25.6. The molecular formula is C24H20F5N5O2. The predicted molar refractivity (Wildman–Crippen MR) is 120 cm³/mol. The van der Waals surface area contributed by atoms with Crippen molar-refractivity contribution in [1.82, 2.24) is 19.7 Å². The Hall–Kier alpha value is -3.80. The van der Waals surface area contributed by atoms with Gasteiger partial charge in [-0.05, 0) is 18.1 Å². The number of aromatic hydroxyl groups is 1. The molecule has 1 saturated heterocycles. The number of hydrogen-bond acceptors (Lipinski definition) is 6. The van der Waals surface area contributed by atoms with Gasteiger partial charge in [-0.1, -0.05) is 30.3 Å². The Labute approximate surface area is 201 Å². The summed E-state index contributed by atoms with van der Waals surface area (Å²) in [6.07, 6.45) is -3.14. The fourth-order valence-corrected chi connectivity index (χ4v) is 4.34. The van der Waals surface area contributed by atoms with E-state index in [9.17, 15) is 27.1 Å². The summed E-state index contributed by atoms with van der Waals surface area (Å²) in [7, 11) is 1.50. The summed E-state index contributed by atoms with van der Waals surface area (Å²) in [5, 5.41) is 14.0. The van der Waals surface area contributed by atoms with E-state index in [4.69, 9.17) is 4.74 Å². The average molecular weight is 505 g/mol. The molecule has 1 fully saturated rings. The molecular weight excluding hydrogens is 485 g/mol. The van der Waals surface area contributed by atoms with Crippen molar-refractivity contribution in [3.05, 3.63) is 65.4 Å². The summed E-state index contributed by atoms with van der Waals surface area (Å²) >= 11 is 0. The summed E-state index contributed by atoms with van der Waals surface area (Å²) in [5.74, 6) is -5.01. The highest BCUT2D eigenvalue weighted by molar-refractivity contribution is 5.91. The van der Waals surface area contributed by atoms with Crippen molar-refractivity contribution in [2.75, 3.05) is 24.7 Å². The van der Waals surface area contributed by atoms with E-state index in [0.717, 1.165) is 5.56 Å². The molecule has 3 heterocycles. The van der Waals surface area contributed by atoms with E-state index < -0.39 is 34.7 Å². The molecule has 1 aliphatic rings. The normalized spacial score (nSPS) is 16.6. The lowest BCUT2D eigenvalue weighted by Gasteiger charge is -2.35. The van der Waals surface area contributed by atoms with E-state index in [1.165, 1.54) is 17.9 Å². The highest BCUT2D eigenvalue weighted by Crippen LogP contribution is 2.41. The zero-order valence-corrected chi connectivity index (χ0v) is 18.9. The number of anilines is 1. The van der Waals surface area contributed by atoms with Crippen LogP contribution < -0.4 is 4.90 Å². The fourth-order valence-electron chi connectivity index (χ4n) is 4.34. The van der Waals surface area contributed by atoms with Gasteiger partial charge in [0.1, 0.15) is 5.69 Å². The largest absolute Gasteiger partial charge is 0.503 e. The first-order valence-electron chi connectivity index (χ1n) is 11.0. The second-order valence-electron chi connectivity index (χ2n) is 8.44. The maximum absolute atomic E-state index is 14.7. The van der Waals surface area contributed by atoms with Crippen LogP contribution in [-0.4, -0.2) is 50.7 Å². The molecule has 0 unspecified atom stereocenters. The predicted octanol–water partition coefficient (Wildman–Crippen LogP) is 4.48. The molecule has 1 aliphatic heterocycles. The van der Waals surface area contributed by atoms with Gasteiger partial charge in [0.2, 0.25) is 5.95 Å². The molecule has 2 aromatic heterocycles. The van der Waals surface area contributed by atoms with Crippen molar-refractivity contribution in [1.29, 1.82) is 0 Å². The molecule has 1 N–H and O–H groups in total. The third-order valence-electron chi connectivity index (χ3n) is 6.10. The first-order chi connectivity index (χ1) is 17.1. The number of ether oxygens (including phenoxy) is 1. The Bertz CT molecular complexity index is 1420. The Morgan fingerprint density at radius 3 is 2.61 bits per heavy atom. The Kier molecular flexibility index (Phi) is 5.99. The molecule has 0 radical (unpaired) electrons. The molecule has 2 aromatic carbocycles. The van der Waals surface area contributed by atoms with Crippen LogP contribution in [0.5, 0.6) is 5.75 Å². The molecule has 5 rings (SSSR count). The number of nitrogens with zero attached hydrogens (tertiary/aromatic N) is 5. The highest BCUT2D eigenvalue weighted by Gasteiger charge is 2.38. The zero-order valence-electron chi connectivity index (χ0n) is 18.9. The van der Waals surface area contributed by atoms with Gasteiger partial charge < -0.3 is 14.7 Å². The lowest BCUT2D eigenvalue weighted by Crippen LogP contribution is -2.47. The average Bonchev–Trinajstić information content (AvgIpc) is 3.18. The number of benzene rings is 2. The number of fused-ring (bicyclic) bond motifs is 1. The first-order valence-corrected chi connectivity index (χ1v) is 11.0. The van der Waals surface area contributed by atoms with Gasteiger partial charge in [-0.2, -0.15) is 23.3 Å². The Morgan fingerprint density at radius 2 is 1.89 bits per heavy atom. The van der Waals surface area contributed by atoms with Gasteiger partial charge in [-0.15, -0.1) is 0 Å². The molecule has 0 amide bonds. The van der Waals surface area contributed by atoms with Gasteiger partial charge in [0.25, 0.3) is 0 Å². The number of aryl methyl sites for hydroxylation is 1. The van der Waals surface area contributed by atoms with Crippen LogP contribution in [-0.2, 0) is 24.4 Å². The summed E-state index contributed by atoms with van der Waals surface area (Å²) in [6.45, 7) is 1.43. The van der Waals surface area contributed by atoms with Crippen LogP contribution in [0, 0.1) is 11.6 Å². The Balaban J connectivity index is 1.56. The van der Waals surface area contributed by atoms with Crippen LogP contribution in [0.3, 0.4) is 0 Å². The smallest absolute Gasteiger partial charge is 0.419 e. The minimum absolute atomic E-state index is 0.0628. The summed E-state index contributed by atoms with van der Waals surface area (Å²) in [5.41, 5.74) is -1.42. The standard InChI is InChI=1S/C24H20F5N5O2/c1-33-22-16(20(32-33)15-10-17(24(27,28)29)19(26)21(35)18(15)25)11-30-23(31-22)34-7-8-36-12-14(34)9-13-5-3-2-4-6-13/h2-6,10-11,14,35H,7-9,12H2,1H3/t14-/m0/s1. The second kappa shape index (κ2) is 9.01. The van der Waals surface area contributed by atoms with Crippen LogP contribution in [0.15, 0.2) is 42.6 Å². The van der Waals surface area contributed by atoms with E-state index in [2.05, 4.69) is 15.1 Å². The first kappa shape index (κ1) is 23.9. The van der Waals surface area contributed by atoms with Gasteiger partial charge >= 0.3 is 6.18 Å². The fraction of sp³-hybridized carbons (Fsp3) is 0.292. The maximum Gasteiger partial charge on any atom is 0.419 e. The minimum atomic E-state index is -5.15. The summed E-state index contributed by atoms with van der Waals surface area (Å²) in [6, 6.07) is 10.1. The SMILES string of the molecule is Cn1nc(-c2cc(C(F)(F)F)c(F)c(O)c2F)c2cnc(N3CCOC[C@@H]3Cc3ccccc3)nc21. The highest BCUT2D eigenvalue weighted by atomic mass is 19.4. The van der Waals surface area contributed by atoms with E-state index in [1.807, 2.05) is 35.2 Å². The number of phenols is 1. The van der Waals surface area contributed by atoms with Gasteiger partial charge in [0, 0.05) is 25.4 Å². The van der Waals surface area contributed by atoms with Crippen molar-refractivity contribution >= 4 is 17.0 Å². The van der Waals surface area contributed by atoms with Crippen molar-refractivity contribution < 1.29 is 31.8 Å². The molecule has 0 saturated carbocycles. The minimum Gasteiger partial charge on any atom is -0.503 e. The molecule has 12 heteroatoms. The number of phenolic OH excluding ortho intramolecular Hbond substituents is 1. The molecule has 0 aliphatic carbocycles. The van der Waals surface area contributed by atoms with E-state index in [1.54, 1.807) is 0 Å². The van der Waals surface area contributed by atoms with Crippen molar-refractivity contribution in [2.24, 2.45) is 7.05 Å². The molecule has 4 aromatic rings. The number of rotatable bonds is 4. The Morgan fingerprint density at radius 1 is 1.14 bits per heavy atom. The van der Waals surface area contributed by atoms with Crippen LogP contribution in [0.25, 0.3) is 22.3 Å². The van der Waals surface area contributed by atoms with Crippen LogP contribution >= 0.6 is 0 Å². The number of morpholine rings is 1.